The molecule has 0 saturated carbocycles. The van der Waals surface area contributed by atoms with Crippen LogP contribution in [0.3, 0.4) is 0 Å². The van der Waals surface area contributed by atoms with Gasteiger partial charge in [0.25, 0.3) is 0 Å². The molecule has 0 aromatic heterocycles. The van der Waals surface area contributed by atoms with Crippen molar-refractivity contribution in [3.05, 3.63) is 28.2 Å². The van der Waals surface area contributed by atoms with E-state index >= 15 is 0 Å². The number of hydrogen-bond acceptors (Lipinski definition) is 3. The monoisotopic (exact) mass is 353 g/mol. The Labute approximate surface area is 123 Å². The molecule has 1 atom stereocenters. The van der Waals surface area contributed by atoms with Crippen molar-refractivity contribution in [3.8, 4) is 5.75 Å². The summed E-state index contributed by atoms with van der Waals surface area (Å²) in [5.41, 5.74) is 0.508. The summed E-state index contributed by atoms with van der Waals surface area (Å²) in [6.45, 7) is 1.93. The van der Waals surface area contributed by atoms with E-state index in [0.717, 1.165) is 17.4 Å². The fourth-order valence-corrected chi connectivity index (χ4v) is 2.68. The zero-order valence-corrected chi connectivity index (χ0v) is 12.5. The normalized spacial score (nSPS) is 20.4. The standard InChI is InChI=1S/C13H15BrF3NO2/c1-19-11-4-5-18(8-11)7-9-6-10(14)2-3-12(9)20-13(15,16)17/h2-3,6,11H,4-5,7-8H2,1H3/t11-/m0/s1. The summed E-state index contributed by atoms with van der Waals surface area (Å²) >= 11 is 3.27. The minimum absolute atomic E-state index is 0.147. The predicted octanol–water partition coefficient (Wildman–Crippen LogP) is 3.57. The summed E-state index contributed by atoms with van der Waals surface area (Å²) in [7, 11) is 1.64. The average molecular weight is 354 g/mol. The highest BCUT2D eigenvalue weighted by molar-refractivity contribution is 9.10. The molecule has 0 unspecified atom stereocenters. The van der Waals surface area contributed by atoms with Gasteiger partial charge >= 0.3 is 6.36 Å². The first kappa shape index (κ1) is 15.6. The van der Waals surface area contributed by atoms with E-state index in [2.05, 4.69) is 25.6 Å². The van der Waals surface area contributed by atoms with E-state index in [0.29, 0.717) is 18.7 Å². The Morgan fingerprint density at radius 2 is 2.15 bits per heavy atom. The van der Waals surface area contributed by atoms with Gasteiger partial charge in [-0.05, 0) is 24.6 Å². The Morgan fingerprint density at radius 1 is 1.40 bits per heavy atom. The smallest absolute Gasteiger partial charge is 0.405 e. The van der Waals surface area contributed by atoms with Crippen molar-refractivity contribution in [1.82, 2.24) is 4.90 Å². The van der Waals surface area contributed by atoms with Crippen LogP contribution in [0.1, 0.15) is 12.0 Å². The first-order valence-corrected chi connectivity index (χ1v) is 6.96. The minimum atomic E-state index is -4.68. The predicted molar refractivity (Wildman–Crippen MR) is 71.5 cm³/mol. The fourth-order valence-electron chi connectivity index (χ4n) is 2.27. The summed E-state index contributed by atoms with van der Waals surface area (Å²) in [5.74, 6) is -0.151. The van der Waals surface area contributed by atoms with Gasteiger partial charge in [-0.15, -0.1) is 13.2 Å². The van der Waals surface area contributed by atoms with E-state index in [-0.39, 0.29) is 11.9 Å². The van der Waals surface area contributed by atoms with E-state index < -0.39 is 6.36 Å². The molecule has 1 fully saturated rings. The zero-order chi connectivity index (χ0) is 14.8. The lowest BCUT2D eigenvalue weighted by Crippen LogP contribution is -2.24. The molecule has 0 amide bonds. The molecule has 0 aliphatic carbocycles. The molecule has 20 heavy (non-hydrogen) atoms. The second-order valence-corrected chi connectivity index (χ2v) is 5.60. The number of alkyl halides is 3. The average Bonchev–Trinajstić information content (AvgIpc) is 2.79. The summed E-state index contributed by atoms with van der Waals surface area (Å²) in [6.07, 6.45) is -3.64. The van der Waals surface area contributed by atoms with Gasteiger partial charge in [-0.3, -0.25) is 4.90 Å². The maximum atomic E-state index is 12.4. The maximum absolute atomic E-state index is 12.4. The van der Waals surface area contributed by atoms with Gasteiger partial charge in [0.15, 0.2) is 0 Å². The van der Waals surface area contributed by atoms with E-state index in [1.165, 1.54) is 12.1 Å². The van der Waals surface area contributed by atoms with Crippen molar-refractivity contribution in [2.45, 2.75) is 25.4 Å². The first-order valence-electron chi connectivity index (χ1n) is 6.16. The number of methoxy groups -OCH3 is 1. The molecule has 0 radical (unpaired) electrons. The molecule has 1 aliphatic heterocycles. The topological polar surface area (TPSA) is 21.7 Å². The summed E-state index contributed by atoms with van der Waals surface area (Å²) in [5, 5.41) is 0. The second kappa shape index (κ2) is 6.32. The number of benzene rings is 1. The number of rotatable bonds is 4. The van der Waals surface area contributed by atoms with Crippen LogP contribution in [0.15, 0.2) is 22.7 Å². The summed E-state index contributed by atoms with van der Waals surface area (Å²) in [4.78, 5) is 2.05. The molecule has 2 rings (SSSR count). The molecule has 1 heterocycles. The highest BCUT2D eigenvalue weighted by Gasteiger charge is 2.32. The molecule has 3 nitrogen and oxygen atoms in total. The Morgan fingerprint density at radius 3 is 2.75 bits per heavy atom. The van der Waals surface area contributed by atoms with E-state index in [4.69, 9.17) is 4.74 Å². The van der Waals surface area contributed by atoms with Gasteiger partial charge in [0.1, 0.15) is 5.75 Å². The molecule has 1 aromatic rings. The van der Waals surface area contributed by atoms with Gasteiger partial charge in [-0.2, -0.15) is 0 Å². The van der Waals surface area contributed by atoms with Crippen molar-refractivity contribution in [2.75, 3.05) is 20.2 Å². The lowest BCUT2D eigenvalue weighted by atomic mass is 10.2. The van der Waals surface area contributed by atoms with Crippen molar-refractivity contribution < 1.29 is 22.6 Å². The summed E-state index contributed by atoms with van der Waals surface area (Å²) < 4.78 is 47.2. The third-order valence-corrected chi connectivity index (χ3v) is 3.70. The summed E-state index contributed by atoms with van der Waals surface area (Å²) in [6, 6.07) is 4.52. The lowest BCUT2D eigenvalue weighted by Gasteiger charge is -2.19. The fraction of sp³-hybridized carbons (Fsp3) is 0.538. The Bertz CT molecular complexity index is 467. The van der Waals surface area contributed by atoms with Gasteiger partial charge in [0.05, 0.1) is 6.10 Å². The Balaban J connectivity index is 2.11. The SMILES string of the molecule is CO[C@H]1CCN(Cc2cc(Br)ccc2OC(F)(F)F)C1. The lowest BCUT2D eigenvalue weighted by molar-refractivity contribution is -0.275. The third-order valence-electron chi connectivity index (χ3n) is 3.20. The Hall–Kier alpha value is -0.790. The number of hydrogen-bond donors (Lipinski definition) is 0. The number of nitrogens with zero attached hydrogens (tertiary/aromatic N) is 1. The van der Waals surface area contributed by atoms with Gasteiger partial charge in [-0.25, -0.2) is 0 Å². The molecule has 0 spiro atoms. The van der Waals surface area contributed by atoms with Crippen LogP contribution in [0.2, 0.25) is 0 Å². The van der Waals surface area contributed by atoms with Crippen LogP contribution in [0.4, 0.5) is 13.2 Å². The number of likely N-dealkylation sites (tertiary alicyclic amines) is 1. The van der Waals surface area contributed by atoms with E-state index in [1.54, 1.807) is 13.2 Å². The minimum Gasteiger partial charge on any atom is -0.405 e. The van der Waals surface area contributed by atoms with E-state index in [1.807, 2.05) is 0 Å². The van der Waals surface area contributed by atoms with Crippen molar-refractivity contribution in [3.63, 3.8) is 0 Å². The van der Waals surface area contributed by atoms with Crippen LogP contribution in [0.25, 0.3) is 0 Å². The van der Waals surface area contributed by atoms with Crippen molar-refractivity contribution in [1.29, 1.82) is 0 Å². The van der Waals surface area contributed by atoms with Gasteiger partial charge in [-0.1, -0.05) is 15.9 Å². The molecule has 1 saturated heterocycles. The van der Waals surface area contributed by atoms with Crippen LogP contribution in [0.5, 0.6) is 5.75 Å². The largest absolute Gasteiger partial charge is 0.573 e. The second-order valence-electron chi connectivity index (χ2n) is 4.68. The third kappa shape index (κ3) is 4.36. The molecule has 1 aromatic carbocycles. The van der Waals surface area contributed by atoms with Gasteiger partial charge < -0.3 is 9.47 Å². The highest BCUT2D eigenvalue weighted by atomic mass is 79.9. The first-order chi connectivity index (χ1) is 9.37. The van der Waals surface area contributed by atoms with Crippen molar-refractivity contribution in [2.24, 2.45) is 0 Å². The van der Waals surface area contributed by atoms with Gasteiger partial charge in [0, 0.05) is 36.8 Å². The molecule has 0 bridgehead atoms. The Kier molecular flexibility index (Phi) is 4.93. The van der Waals surface area contributed by atoms with Crippen LogP contribution < -0.4 is 4.74 Å². The molecule has 1 aliphatic rings. The van der Waals surface area contributed by atoms with Crippen LogP contribution >= 0.6 is 15.9 Å². The molecule has 0 N–H and O–H groups in total. The molecular weight excluding hydrogens is 339 g/mol. The van der Waals surface area contributed by atoms with E-state index in [9.17, 15) is 13.2 Å². The molecule has 112 valence electrons. The van der Waals surface area contributed by atoms with Crippen LogP contribution in [-0.2, 0) is 11.3 Å². The quantitative estimate of drug-likeness (QED) is 0.825. The van der Waals surface area contributed by atoms with Crippen LogP contribution in [0, 0.1) is 0 Å². The number of halogens is 4. The number of ether oxygens (including phenoxy) is 2. The van der Waals surface area contributed by atoms with Crippen LogP contribution in [-0.4, -0.2) is 37.6 Å². The molecule has 7 heteroatoms. The molecular formula is C13H15BrF3NO2. The maximum Gasteiger partial charge on any atom is 0.573 e. The zero-order valence-electron chi connectivity index (χ0n) is 10.9. The van der Waals surface area contributed by atoms with Gasteiger partial charge in [0.2, 0.25) is 0 Å². The highest BCUT2D eigenvalue weighted by Crippen LogP contribution is 2.30. The van der Waals surface area contributed by atoms with Crippen molar-refractivity contribution >= 4 is 15.9 Å².